The zero-order valence-electron chi connectivity index (χ0n) is 9.50. The van der Waals surface area contributed by atoms with Gasteiger partial charge in [-0.2, -0.15) is 0 Å². The van der Waals surface area contributed by atoms with E-state index in [1.807, 2.05) is 0 Å². The van der Waals surface area contributed by atoms with Gasteiger partial charge in [-0.25, -0.2) is 0 Å². The lowest BCUT2D eigenvalue weighted by Crippen LogP contribution is -2.43. The Bertz CT molecular complexity index is 152. The zero-order chi connectivity index (χ0) is 10.4. The van der Waals surface area contributed by atoms with Gasteiger partial charge in [0.15, 0.2) is 0 Å². The first-order valence-corrected chi connectivity index (χ1v) is 5.85. The van der Waals surface area contributed by atoms with Crippen molar-refractivity contribution in [1.29, 1.82) is 0 Å². The van der Waals surface area contributed by atoms with Gasteiger partial charge in [-0.05, 0) is 44.9 Å². The molecule has 1 heterocycles. The van der Waals surface area contributed by atoms with Gasteiger partial charge in [-0.1, -0.05) is 13.8 Å². The number of nitrogens with one attached hydrogen (secondary N) is 1. The van der Waals surface area contributed by atoms with Gasteiger partial charge in [0, 0.05) is 6.54 Å². The van der Waals surface area contributed by atoms with E-state index >= 15 is 0 Å². The van der Waals surface area contributed by atoms with E-state index in [0.717, 1.165) is 39.1 Å². The predicted molar refractivity (Wildman–Crippen MR) is 59.4 cm³/mol. The molecule has 0 spiro atoms. The Morgan fingerprint density at radius 3 is 2.93 bits per heavy atom. The monoisotopic (exact) mass is 200 g/mol. The molecule has 14 heavy (non-hydrogen) atoms. The van der Waals surface area contributed by atoms with Gasteiger partial charge in [0.25, 0.3) is 0 Å². The van der Waals surface area contributed by atoms with Crippen molar-refractivity contribution in [2.45, 2.75) is 32.8 Å². The highest BCUT2D eigenvalue weighted by Crippen LogP contribution is 2.16. The number of nitrogens with zero attached hydrogens (tertiary/aromatic N) is 1. The van der Waals surface area contributed by atoms with E-state index in [4.69, 9.17) is 0 Å². The molecule has 0 aliphatic carbocycles. The van der Waals surface area contributed by atoms with Gasteiger partial charge in [-0.15, -0.1) is 0 Å². The summed E-state index contributed by atoms with van der Waals surface area (Å²) in [6.45, 7) is 9.57. The van der Waals surface area contributed by atoms with Crippen molar-refractivity contribution < 1.29 is 5.11 Å². The normalized spacial score (nSPS) is 29.4. The van der Waals surface area contributed by atoms with Crippen molar-refractivity contribution in [3.05, 3.63) is 0 Å². The summed E-state index contributed by atoms with van der Waals surface area (Å²) in [5.74, 6) is 0.486. The molecule has 2 unspecified atom stereocenters. The van der Waals surface area contributed by atoms with Gasteiger partial charge in [0.1, 0.15) is 0 Å². The van der Waals surface area contributed by atoms with E-state index < -0.39 is 0 Å². The molecule has 0 amide bonds. The second kappa shape index (κ2) is 6.38. The van der Waals surface area contributed by atoms with Crippen molar-refractivity contribution in [2.24, 2.45) is 5.92 Å². The van der Waals surface area contributed by atoms with Crippen LogP contribution >= 0.6 is 0 Å². The van der Waals surface area contributed by atoms with E-state index in [0.29, 0.717) is 5.92 Å². The van der Waals surface area contributed by atoms with Crippen LogP contribution in [0.1, 0.15) is 26.7 Å². The molecule has 0 saturated carbocycles. The molecule has 1 fully saturated rings. The number of aliphatic hydroxyl groups is 1. The Morgan fingerprint density at radius 2 is 2.29 bits per heavy atom. The van der Waals surface area contributed by atoms with Crippen LogP contribution in [0.15, 0.2) is 0 Å². The van der Waals surface area contributed by atoms with Crippen LogP contribution in [0.2, 0.25) is 0 Å². The lowest BCUT2D eigenvalue weighted by atomic mass is 9.96. The van der Waals surface area contributed by atoms with Gasteiger partial charge in [0.05, 0.1) is 6.10 Å². The van der Waals surface area contributed by atoms with Crippen molar-refractivity contribution in [2.75, 3.05) is 32.7 Å². The van der Waals surface area contributed by atoms with Crippen molar-refractivity contribution >= 4 is 0 Å². The predicted octanol–water partition coefficient (Wildman–Crippen LogP) is 0.689. The highest BCUT2D eigenvalue weighted by atomic mass is 16.3. The first kappa shape index (κ1) is 12.0. The Morgan fingerprint density at radius 1 is 1.50 bits per heavy atom. The van der Waals surface area contributed by atoms with Crippen molar-refractivity contribution in [1.82, 2.24) is 10.2 Å². The molecule has 3 heteroatoms. The maximum Gasteiger partial charge on any atom is 0.0693 e. The Labute approximate surface area is 87.5 Å². The van der Waals surface area contributed by atoms with E-state index in [-0.39, 0.29) is 6.10 Å². The first-order chi connectivity index (χ1) is 6.74. The van der Waals surface area contributed by atoms with E-state index in [1.165, 1.54) is 6.42 Å². The van der Waals surface area contributed by atoms with Crippen LogP contribution in [0.25, 0.3) is 0 Å². The van der Waals surface area contributed by atoms with Crippen LogP contribution < -0.4 is 5.32 Å². The van der Waals surface area contributed by atoms with Gasteiger partial charge < -0.3 is 15.3 Å². The number of aliphatic hydroxyl groups excluding tert-OH is 1. The Hall–Kier alpha value is -0.120. The third kappa shape index (κ3) is 3.95. The van der Waals surface area contributed by atoms with Crippen LogP contribution in [-0.4, -0.2) is 48.8 Å². The molecule has 0 radical (unpaired) electrons. The second-order valence-corrected chi connectivity index (χ2v) is 4.34. The summed E-state index contributed by atoms with van der Waals surface area (Å²) in [6.07, 6.45) is 2.22. The first-order valence-electron chi connectivity index (χ1n) is 5.85. The second-order valence-electron chi connectivity index (χ2n) is 4.34. The lowest BCUT2D eigenvalue weighted by molar-refractivity contribution is 0.0289. The minimum atomic E-state index is -0.108. The van der Waals surface area contributed by atoms with E-state index in [2.05, 4.69) is 24.1 Å². The molecule has 2 atom stereocenters. The Kier molecular flexibility index (Phi) is 5.45. The van der Waals surface area contributed by atoms with Crippen LogP contribution in [-0.2, 0) is 0 Å². The number of β-amino-alcohol motifs (C(OH)–C–C–N with tert-alkyl or cyclic N) is 1. The molecule has 1 saturated heterocycles. The average molecular weight is 200 g/mol. The standard InChI is InChI=1S/C11H24N2O/c1-3-12-6-4-7-13-8-5-10(2)11(14)9-13/h10-12,14H,3-9H2,1-2H3. The van der Waals surface area contributed by atoms with Crippen LogP contribution in [0, 0.1) is 5.92 Å². The minimum Gasteiger partial charge on any atom is -0.392 e. The minimum absolute atomic E-state index is 0.108. The van der Waals surface area contributed by atoms with Crippen molar-refractivity contribution in [3.63, 3.8) is 0 Å². The SMILES string of the molecule is CCNCCCN1CCC(C)C(O)C1. The number of piperidine rings is 1. The number of hydrogen-bond acceptors (Lipinski definition) is 3. The molecule has 3 nitrogen and oxygen atoms in total. The molecule has 2 N–H and O–H groups in total. The fourth-order valence-corrected chi connectivity index (χ4v) is 1.92. The van der Waals surface area contributed by atoms with Gasteiger partial charge in [-0.3, -0.25) is 0 Å². The third-order valence-electron chi connectivity index (χ3n) is 3.08. The molecule has 0 aromatic carbocycles. The molecular weight excluding hydrogens is 176 g/mol. The highest BCUT2D eigenvalue weighted by molar-refractivity contribution is 4.77. The summed E-state index contributed by atoms with van der Waals surface area (Å²) in [5.41, 5.74) is 0. The summed E-state index contributed by atoms with van der Waals surface area (Å²) in [7, 11) is 0. The smallest absolute Gasteiger partial charge is 0.0693 e. The molecular formula is C11H24N2O. The van der Waals surface area contributed by atoms with Crippen molar-refractivity contribution in [3.8, 4) is 0 Å². The molecule has 0 bridgehead atoms. The summed E-state index contributed by atoms with van der Waals surface area (Å²) < 4.78 is 0. The Balaban J connectivity index is 2.07. The maximum atomic E-state index is 9.69. The van der Waals surface area contributed by atoms with Gasteiger partial charge in [0.2, 0.25) is 0 Å². The fraction of sp³-hybridized carbons (Fsp3) is 1.00. The average Bonchev–Trinajstić information content (AvgIpc) is 2.18. The van der Waals surface area contributed by atoms with Crippen LogP contribution in [0.5, 0.6) is 0 Å². The molecule has 84 valence electrons. The van der Waals surface area contributed by atoms with Crippen LogP contribution in [0.4, 0.5) is 0 Å². The summed E-state index contributed by atoms with van der Waals surface area (Å²) in [6, 6.07) is 0. The van der Waals surface area contributed by atoms with Gasteiger partial charge >= 0.3 is 0 Å². The summed E-state index contributed by atoms with van der Waals surface area (Å²) in [4.78, 5) is 2.38. The largest absolute Gasteiger partial charge is 0.392 e. The lowest BCUT2D eigenvalue weighted by Gasteiger charge is -2.34. The number of rotatable bonds is 5. The zero-order valence-corrected chi connectivity index (χ0v) is 9.50. The molecule has 1 rings (SSSR count). The quantitative estimate of drug-likeness (QED) is 0.641. The topological polar surface area (TPSA) is 35.5 Å². The molecule has 0 aromatic heterocycles. The summed E-state index contributed by atoms with van der Waals surface area (Å²) >= 11 is 0. The maximum absolute atomic E-state index is 9.69. The molecule has 1 aliphatic rings. The highest BCUT2D eigenvalue weighted by Gasteiger charge is 2.23. The summed E-state index contributed by atoms with van der Waals surface area (Å²) in [5, 5.41) is 13.0. The fourth-order valence-electron chi connectivity index (χ4n) is 1.92. The van der Waals surface area contributed by atoms with E-state index in [9.17, 15) is 5.11 Å². The number of hydrogen-bond donors (Lipinski definition) is 2. The molecule has 0 aromatic rings. The number of likely N-dealkylation sites (tertiary alicyclic amines) is 1. The van der Waals surface area contributed by atoms with Crippen LogP contribution in [0.3, 0.4) is 0 Å². The third-order valence-corrected chi connectivity index (χ3v) is 3.08. The molecule has 1 aliphatic heterocycles. The van der Waals surface area contributed by atoms with E-state index in [1.54, 1.807) is 0 Å².